The van der Waals surface area contributed by atoms with E-state index in [2.05, 4.69) is 5.10 Å². The molecule has 0 fully saturated rings. The van der Waals surface area contributed by atoms with Crippen molar-refractivity contribution in [3.05, 3.63) is 29.8 Å². The third-order valence-electron chi connectivity index (χ3n) is 3.44. The van der Waals surface area contributed by atoms with Crippen molar-refractivity contribution in [1.29, 1.82) is 0 Å². The molecule has 2 rings (SSSR count). The molecule has 0 spiro atoms. The first-order chi connectivity index (χ1) is 10.7. The lowest BCUT2D eigenvalue weighted by Gasteiger charge is -2.30. The molecule has 0 radical (unpaired) electrons. The van der Waals surface area contributed by atoms with Gasteiger partial charge in [-0.15, -0.1) is 0 Å². The number of anilines is 1. The first-order valence-corrected chi connectivity index (χ1v) is 6.65. The summed E-state index contributed by atoms with van der Waals surface area (Å²) in [4.78, 5) is 14.0. The molecule has 126 valence electrons. The largest absolute Gasteiger partial charge is 0.378 e. The minimum atomic E-state index is -3.44. The monoisotopic (exact) mass is 333 g/mol. The summed E-state index contributed by atoms with van der Waals surface area (Å²) in [6.07, 6.45) is -7.67. The van der Waals surface area contributed by atoms with Crippen LogP contribution in [0.25, 0.3) is 0 Å². The Kier molecular flexibility index (Phi) is 4.60. The molecule has 1 amide bonds. The van der Waals surface area contributed by atoms with Gasteiger partial charge in [0.25, 0.3) is 18.8 Å². The summed E-state index contributed by atoms with van der Waals surface area (Å²) in [7, 11) is 3.42. The van der Waals surface area contributed by atoms with Crippen LogP contribution in [0.1, 0.15) is 16.8 Å². The molecule has 1 aliphatic heterocycles. The maximum atomic E-state index is 13.1. The number of amides is 1. The number of carbonyl (C=O) groups excluding carboxylic acids is 1. The molecule has 0 unspecified atom stereocenters. The van der Waals surface area contributed by atoms with Crippen LogP contribution >= 0.6 is 0 Å². The highest BCUT2D eigenvalue weighted by molar-refractivity contribution is 5.99. The molecule has 5 nitrogen and oxygen atoms in total. The van der Waals surface area contributed by atoms with Gasteiger partial charge >= 0.3 is 0 Å². The van der Waals surface area contributed by atoms with Crippen LogP contribution in [0.3, 0.4) is 0 Å². The standard InChI is InChI=1S/C14H15F4N3O2/c1-20(2)9-5-3-4-8(6-9)12(22)21-14(23,13(17)18)7-10(19-21)11(15)16/h3-6,11,13,23H,7H2,1-2H3/t14-/m0/s1. The molecule has 0 saturated heterocycles. The minimum Gasteiger partial charge on any atom is -0.378 e. The van der Waals surface area contributed by atoms with E-state index in [9.17, 15) is 27.5 Å². The van der Waals surface area contributed by atoms with E-state index in [4.69, 9.17) is 0 Å². The van der Waals surface area contributed by atoms with Crippen molar-refractivity contribution >= 4 is 17.3 Å². The van der Waals surface area contributed by atoms with Gasteiger partial charge in [0.15, 0.2) is 0 Å². The number of aliphatic hydroxyl groups is 1. The van der Waals surface area contributed by atoms with Gasteiger partial charge in [-0.2, -0.15) is 10.1 Å². The fourth-order valence-electron chi connectivity index (χ4n) is 2.14. The molecule has 0 aromatic heterocycles. The Labute approximate surface area is 129 Å². The molecular formula is C14H15F4N3O2. The number of hydrazone groups is 1. The highest BCUT2D eigenvalue weighted by atomic mass is 19.3. The third-order valence-corrected chi connectivity index (χ3v) is 3.44. The number of nitrogens with zero attached hydrogens (tertiary/aromatic N) is 3. The Morgan fingerprint density at radius 3 is 2.52 bits per heavy atom. The normalized spacial score (nSPS) is 21.1. The number of benzene rings is 1. The van der Waals surface area contributed by atoms with E-state index in [1.807, 2.05) is 0 Å². The van der Waals surface area contributed by atoms with Gasteiger partial charge in [-0.05, 0) is 18.2 Å². The zero-order valence-electron chi connectivity index (χ0n) is 12.4. The predicted molar refractivity (Wildman–Crippen MR) is 75.9 cm³/mol. The average Bonchev–Trinajstić information content (AvgIpc) is 2.86. The summed E-state index contributed by atoms with van der Waals surface area (Å²) in [6.45, 7) is 0. The van der Waals surface area contributed by atoms with Crippen LogP contribution in [0.15, 0.2) is 29.4 Å². The fraction of sp³-hybridized carbons (Fsp3) is 0.429. The molecule has 23 heavy (non-hydrogen) atoms. The van der Waals surface area contributed by atoms with Crippen LogP contribution in [-0.2, 0) is 0 Å². The van der Waals surface area contributed by atoms with E-state index in [0.717, 1.165) is 0 Å². The Morgan fingerprint density at radius 1 is 1.35 bits per heavy atom. The Morgan fingerprint density at radius 2 is 2.00 bits per heavy atom. The lowest BCUT2D eigenvalue weighted by Crippen LogP contribution is -2.51. The van der Waals surface area contributed by atoms with Crippen molar-refractivity contribution in [3.8, 4) is 0 Å². The van der Waals surface area contributed by atoms with Crippen molar-refractivity contribution in [2.45, 2.75) is 25.0 Å². The summed E-state index contributed by atoms with van der Waals surface area (Å²) >= 11 is 0. The second kappa shape index (κ2) is 6.15. The highest BCUT2D eigenvalue weighted by Crippen LogP contribution is 2.34. The minimum absolute atomic E-state index is 0.0467. The summed E-state index contributed by atoms with van der Waals surface area (Å²) in [5, 5.41) is 13.2. The van der Waals surface area contributed by atoms with Crippen molar-refractivity contribution in [2.24, 2.45) is 5.10 Å². The Hall–Kier alpha value is -2.16. The summed E-state index contributed by atoms with van der Waals surface area (Å²) in [6, 6.07) is 5.91. The van der Waals surface area contributed by atoms with E-state index < -0.39 is 36.6 Å². The molecule has 1 N–H and O–H groups in total. The predicted octanol–water partition coefficient (Wildman–Crippen LogP) is 2.17. The summed E-state index contributed by atoms with van der Waals surface area (Å²) < 4.78 is 51.7. The number of halogens is 4. The molecule has 1 atom stereocenters. The molecule has 0 bridgehead atoms. The number of rotatable bonds is 4. The smallest absolute Gasteiger partial charge is 0.287 e. The zero-order valence-corrected chi connectivity index (χ0v) is 12.4. The summed E-state index contributed by atoms with van der Waals surface area (Å²) in [5.74, 6) is -1.08. The summed E-state index contributed by atoms with van der Waals surface area (Å²) in [5.41, 5.74) is -3.47. The van der Waals surface area contributed by atoms with Gasteiger partial charge in [-0.25, -0.2) is 17.6 Å². The molecule has 0 saturated carbocycles. The average molecular weight is 333 g/mol. The first-order valence-electron chi connectivity index (χ1n) is 6.65. The van der Waals surface area contributed by atoms with Crippen LogP contribution in [-0.4, -0.2) is 54.4 Å². The van der Waals surface area contributed by atoms with Crippen molar-refractivity contribution < 1.29 is 27.5 Å². The van der Waals surface area contributed by atoms with E-state index in [1.54, 1.807) is 25.1 Å². The van der Waals surface area contributed by atoms with Crippen LogP contribution in [0.4, 0.5) is 23.2 Å². The first kappa shape index (κ1) is 17.2. The highest BCUT2D eigenvalue weighted by Gasteiger charge is 2.53. The number of hydrogen-bond donors (Lipinski definition) is 1. The topological polar surface area (TPSA) is 56.1 Å². The molecule has 1 aromatic carbocycles. The van der Waals surface area contributed by atoms with E-state index in [-0.39, 0.29) is 10.6 Å². The van der Waals surface area contributed by atoms with Gasteiger partial charge in [0.2, 0.25) is 5.72 Å². The van der Waals surface area contributed by atoms with Crippen LogP contribution in [0.5, 0.6) is 0 Å². The number of alkyl halides is 4. The molecule has 9 heteroatoms. The number of hydrogen-bond acceptors (Lipinski definition) is 4. The lowest BCUT2D eigenvalue weighted by atomic mass is 10.1. The van der Waals surface area contributed by atoms with E-state index in [0.29, 0.717) is 5.69 Å². The molecule has 1 heterocycles. The SMILES string of the molecule is CN(C)c1cccc(C(=O)N2N=C(C(F)F)C[C@]2(O)C(F)F)c1. The van der Waals surface area contributed by atoms with Crippen molar-refractivity contribution in [3.63, 3.8) is 0 Å². The number of carbonyl (C=O) groups is 1. The molecule has 0 aliphatic carbocycles. The Bertz CT molecular complexity index is 636. The third kappa shape index (κ3) is 3.14. The van der Waals surface area contributed by atoms with Crippen molar-refractivity contribution in [2.75, 3.05) is 19.0 Å². The van der Waals surface area contributed by atoms with Gasteiger partial charge in [0.05, 0.1) is 0 Å². The van der Waals surface area contributed by atoms with E-state index >= 15 is 0 Å². The second-order valence-electron chi connectivity index (χ2n) is 5.31. The van der Waals surface area contributed by atoms with Gasteiger partial charge in [0.1, 0.15) is 5.71 Å². The quantitative estimate of drug-likeness (QED) is 0.859. The van der Waals surface area contributed by atoms with Gasteiger partial charge in [-0.1, -0.05) is 6.07 Å². The Balaban J connectivity index is 2.41. The molecular weight excluding hydrogens is 318 g/mol. The van der Waals surface area contributed by atoms with Gasteiger partial charge in [0, 0.05) is 31.8 Å². The lowest BCUT2D eigenvalue weighted by molar-refractivity contribution is -0.164. The van der Waals surface area contributed by atoms with Gasteiger partial charge < -0.3 is 10.0 Å². The molecule has 1 aromatic rings. The second-order valence-corrected chi connectivity index (χ2v) is 5.31. The van der Waals surface area contributed by atoms with E-state index in [1.165, 1.54) is 18.2 Å². The maximum Gasteiger partial charge on any atom is 0.287 e. The van der Waals surface area contributed by atoms with Crippen LogP contribution in [0, 0.1) is 0 Å². The van der Waals surface area contributed by atoms with Gasteiger partial charge in [-0.3, -0.25) is 4.79 Å². The maximum absolute atomic E-state index is 13.1. The van der Waals surface area contributed by atoms with Crippen molar-refractivity contribution in [1.82, 2.24) is 5.01 Å². The molecule has 1 aliphatic rings. The zero-order chi connectivity index (χ0) is 17.4. The van der Waals surface area contributed by atoms with Crippen LogP contribution in [0.2, 0.25) is 0 Å². The fourth-order valence-corrected chi connectivity index (χ4v) is 2.14. The van der Waals surface area contributed by atoms with Crippen LogP contribution < -0.4 is 4.90 Å².